The fraction of sp³-hybridized carbons (Fsp3) is 0.556. The van der Waals surface area contributed by atoms with Gasteiger partial charge in [0, 0.05) is 18.6 Å². The van der Waals surface area contributed by atoms with E-state index in [9.17, 15) is 0 Å². The number of allylic oxidation sites excluding steroid dienone is 8. The minimum atomic E-state index is 0. The molecule has 19 heavy (non-hydrogen) atoms. The summed E-state index contributed by atoms with van der Waals surface area (Å²) in [5.41, 5.74) is 13.1. The zero-order valence-corrected chi connectivity index (χ0v) is 14.4. The maximum Gasteiger partial charge on any atom is 0 e. The second kappa shape index (κ2) is 4.83. The Morgan fingerprint density at radius 2 is 1.00 bits per heavy atom. The van der Waals surface area contributed by atoms with Gasteiger partial charge in [-0.25, -0.2) is 0 Å². The van der Waals surface area contributed by atoms with Crippen molar-refractivity contribution in [2.45, 2.75) is 54.4 Å². The summed E-state index contributed by atoms with van der Waals surface area (Å²) in [4.78, 5) is 0. The second-order valence-electron chi connectivity index (χ2n) is 6.42. The van der Waals surface area contributed by atoms with Crippen molar-refractivity contribution >= 4 is 0 Å². The van der Waals surface area contributed by atoms with Gasteiger partial charge in [0.2, 0.25) is 0 Å². The van der Waals surface area contributed by atoms with Gasteiger partial charge in [-0.15, -0.1) is 0 Å². The maximum absolute atomic E-state index is 2.39. The summed E-state index contributed by atoms with van der Waals surface area (Å²) in [6.45, 7) is 14.1. The molecule has 1 heteroatoms. The zero-order chi connectivity index (χ0) is 13.2. The Balaban J connectivity index is 0.00000133. The molecular weight excluding hydrogens is 267 g/mol. The average molecular weight is 291 g/mol. The molecule has 0 heterocycles. The Hall–Kier alpha value is -0.456. The van der Waals surface area contributed by atoms with E-state index in [1.165, 1.54) is 12.8 Å². The maximum atomic E-state index is 2.39. The first-order chi connectivity index (χ1) is 8.43. The van der Waals surface area contributed by atoms with Crippen LogP contribution in [0.15, 0.2) is 44.6 Å². The molecule has 0 amide bonds. The largest absolute Gasteiger partial charge is 0.0632 e. The third kappa shape index (κ3) is 1.88. The molecule has 3 rings (SSSR count). The molecule has 0 bridgehead atoms. The van der Waals surface area contributed by atoms with Crippen molar-refractivity contribution in [2.75, 3.05) is 0 Å². The predicted molar refractivity (Wildman–Crippen MR) is 78.4 cm³/mol. The molecule has 0 aromatic carbocycles. The van der Waals surface area contributed by atoms with Gasteiger partial charge < -0.3 is 0 Å². The van der Waals surface area contributed by atoms with E-state index in [-0.39, 0.29) is 18.6 Å². The van der Waals surface area contributed by atoms with Crippen LogP contribution in [0, 0.1) is 11.8 Å². The van der Waals surface area contributed by atoms with Crippen LogP contribution in [0.5, 0.6) is 0 Å². The quantitative estimate of drug-likeness (QED) is 0.565. The van der Waals surface area contributed by atoms with E-state index >= 15 is 0 Å². The molecule has 0 nitrogen and oxygen atoms in total. The number of rotatable bonds is 0. The third-order valence-corrected chi connectivity index (χ3v) is 5.94. The minimum absolute atomic E-state index is 0. The van der Waals surface area contributed by atoms with Crippen LogP contribution >= 0.6 is 0 Å². The van der Waals surface area contributed by atoms with E-state index in [1.54, 1.807) is 44.6 Å². The van der Waals surface area contributed by atoms with E-state index in [0.717, 1.165) is 0 Å². The van der Waals surface area contributed by atoms with E-state index in [2.05, 4.69) is 41.5 Å². The van der Waals surface area contributed by atoms with Crippen molar-refractivity contribution in [3.63, 3.8) is 0 Å². The van der Waals surface area contributed by atoms with Crippen LogP contribution in [0.4, 0.5) is 0 Å². The summed E-state index contributed by atoms with van der Waals surface area (Å²) >= 11 is 0. The Bertz CT molecular complexity index is 514. The van der Waals surface area contributed by atoms with Crippen LogP contribution in [-0.2, 0) is 18.6 Å². The molecule has 0 aromatic rings. The molecule has 2 unspecified atom stereocenters. The standard InChI is InChI=1S/C18H24.V/c1-9-11(3)15-7-17-13(5)10(2)14(6)18(17)8-16(15)12(9)4;/h11,14H,7-8H2,1-6H3;. The molecule has 0 spiro atoms. The Morgan fingerprint density at radius 1 is 0.684 bits per heavy atom. The minimum Gasteiger partial charge on any atom is -0.0632 e. The van der Waals surface area contributed by atoms with Gasteiger partial charge in [0.05, 0.1) is 0 Å². The van der Waals surface area contributed by atoms with E-state index in [1.807, 2.05) is 0 Å². The SMILES string of the molecule is CC1=C(C)C(C)C2=C1CC1=C(C2)C(C)=C(C)C1C.[V]. The van der Waals surface area contributed by atoms with E-state index in [4.69, 9.17) is 0 Å². The molecule has 101 valence electrons. The van der Waals surface area contributed by atoms with Crippen LogP contribution in [0.1, 0.15) is 54.4 Å². The average Bonchev–Trinajstić information content (AvgIpc) is 2.71. The van der Waals surface area contributed by atoms with E-state index < -0.39 is 0 Å². The monoisotopic (exact) mass is 291 g/mol. The Morgan fingerprint density at radius 3 is 1.32 bits per heavy atom. The first kappa shape index (κ1) is 14.9. The molecule has 0 fully saturated rings. The fourth-order valence-corrected chi connectivity index (χ4v) is 4.05. The zero-order valence-electron chi connectivity index (χ0n) is 13.0. The van der Waals surface area contributed by atoms with Crippen molar-refractivity contribution in [1.29, 1.82) is 0 Å². The molecule has 3 aliphatic rings. The van der Waals surface area contributed by atoms with Crippen LogP contribution < -0.4 is 0 Å². The van der Waals surface area contributed by atoms with E-state index in [0.29, 0.717) is 11.8 Å². The predicted octanol–water partition coefficient (Wildman–Crippen LogP) is 5.34. The summed E-state index contributed by atoms with van der Waals surface area (Å²) in [5.74, 6) is 1.36. The summed E-state index contributed by atoms with van der Waals surface area (Å²) in [6.07, 6.45) is 2.43. The molecule has 0 N–H and O–H groups in total. The van der Waals surface area contributed by atoms with Crippen molar-refractivity contribution in [2.24, 2.45) is 11.8 Å². The third-order valence-electron chi connectivity index (χ3n) is 5.94. The van der Waals surface area contributed by atoms with Crippen molar-refractivity contribution in [1.82, 2.24) is 0 Å². The Kier molecular flexibility index (Phi) is 3.80. The molecule has 0 aromatic heterocycles. The second-order valence-corrected chi connectivity index (χ2v) is 6.42. The molecule has 3 aliphatic carbocycles. The topological polar surface area (TPSA) is 0 Å². The van der Waals surface area contributed by atoms with Gasteiger partial charge in [0.1, 0.15) is 0 Å². The molecule has 0 saturated heterocycles. The normalized spacial score (nSPS) is 30.0. The van der Waals surface area contributed by atoms with Gasteiger partial charge in [0.15, 0.2) is 0 Å². The van der Waals surface area contributed by atoms with Crippen molar-refractivity contribution in [3.8, 4) is 0 Å². The van der Waals surface area contributed by atoms with Crippen molar-refractivity contribution < 1.29 is 18.6 Å². The summed E-state index contributed by atoms with van der Waals surface area (Å²) in [7, 11) is 0. The molecule has 1 radical (unpaired) electrons. The Labute approximate surface area is 129 Å². The van der Waals surface area contributed by atoms with Crippen LogP contribution in [-0.4, -0.2) is 0 Å². The number of hydrogen-bond donors (Lipinski definition) is 0. The van der Waals surface area contributed by atoms with Gasteiger partial charge in [0.25, 0.3) is 0 Å². The molecular formula is C18H24V. The number of hydrogen-bond acceptors (Lipinski definition) is 0. The van der Waals surface area contributed by atoms with Crippen LogP contribution in [0.25, 0.3) is 0 Å². The van der Waals surface area contributed by atoms with Crippen LogP contribution in [0.2, 0.25) is 0 Å². The smallest absolute Gasteiger partial charge is 0 e. The fourth-order valence-electron chi connectivity index (χ4n) is 4.05. The van der Waals surface area contributed by atoms with Gasteiger partial charge in [-0.05, 0) is 74.7 Å². The van der Waals surface area contributed by atoms with Gasteiger partial charge in [-0.1, -0.05) is 36.1 Å². The molecule has 2 atom stereocenters. The first-order valence-corrected chi connectivity index (χ1v) is 7.22. The molecule has 0 saturated carbocycles. The van der Waals surface area contributed by atoms with Gasteiger partial charge in [-0.2, -0.15) is 0 Å². The first-order valence-electron chi connectivity index (χ1n) is 7.22. The summed E-state index contributed by atoms with van der Waals surface area (Å²) < 4.78 is 0. The summed E-state index contributed by atoms with van der Waals surface area (Å²) in [5, 5.41) is 0. The van der Waals surface area contributed by atoms with Gasteiger partial charge in [-0.3, -0.25) is 0 Å². The van der Waals surface area contributed by atoms with Gasteiger partial charge >= 0.3 is 0 Å². The summed E-state index contributed by atoms with van der Waals surface area (Å²) in [6, 6.07) is 0. The molecule has 0 aliphatic heterocycles. The van der Waals surface area contributed by atoms with Crippen molar-refractivity contribution in [3.05, 3.63) is 44.6 Å². The van der Waals surface area contributed by atoms with Crippen LogP contribution in [0.3, 0.4) is 0 Å².